The van der Waals surface area contributed by atoms with E-state index in [-0.39, 0.29) is 11.2 Å². The molecule has 1 N–H and O–H groups in total. The van der Waals surface area contributed by atoms with Gasteiger partial charge in [0.15, 0.2) is 0 Å². The highest BCUT2D eigenvalue weighted by Gasteiger charge is 2.45. The predicted molar refractivity (Wildman–Crippen MR) is 81.4 cm³/mol. The van der Waals surface area contributed by atoms with Crippen LogP contribution in [0.4, 0.5) is 0 Å². The Balaban J connectivity index is 1.83. The molecule has 0 spiro atoms. The zero-order valence-electron chi connectivity index (χ0n) is 13.6. The van der Waals surface area contributed by atoms with Crippen molar-refractivity contribution in [2.45, 2.75) is 90.4 Å². The second-order valence-electron chi connectivity index (χ2n) is 7.84. The highest BCUT2D eigenvalue weighted by molar-refractivity contribution is 4.95. The van der Waals surface area contributed by atoms with E-state index in [1.165, 1.54) is 45.1 Å². The summed E-state index contributed by atoms with van der Waals surface area (Å²) in [6, 6.07) is 0.763. The Labute approximate surface area is 119 Å². The van der Waals surface area contributed by atoms with Crippen LogP contribution >= 0.6 is 0 Å². The third-order valence-corrected chi connectivity index (χ3v) is 4.93. The van der Waals surface area contributed by atoms with Gasteiger partial charge in [-0.15, -0.1) is 0 Å². The number of nitrogens with one attached hydrogen (secondary N) is 1. The van der Waals surface area contributed by atoms with Crippen LogP contribution in [0.2, 0.25) is 0 Å². The summed E-state index contributed by atoms with van der Waals surface area (Å²) in [6.45, 7) is 12.5. The van der Waals surface area contributed by atoms with Crippen molar-refractivity contribution < 1.29 is 4.74 Å². The van der Waals surface area contributed by atoms with E-state index < -0.39 is 0 Å². The summed E-state index contributed by atoms with van der Waals surface area (Å²) < 4.78 is 6.22. The van der Waals surface area contributed by atoms with Crippen molar-refractivity contribution >= 4 is 0 Å². The summed E-state index contributed by atoms with van der Waals surface area (Å²) in [7, 11) is 0. The standard InChI is InChI=1S/C17H33NO/c1-6-11-18-15(13-7-8-13)10-9-14-12-16(2,3)19-17(14,4)5/h13-15,18H,6-12H2,1-5H3. The molecule has 1 heterocycles. The van der Waals surface area contributed by atoms with Gasteiger partial charge in [0.25, 0.3) is 0 Å². The van der Waals surface area contributed by atoms with Crippen molar-refractivity contribution in [1.29, 1.82) is 0 Å². The molecule has 1 saturated heterocycles. The van der Waals surface area contributed by atoms with Crippen molar-refractivity contribution in [3.63, 3.8) is 0 Å². The van der Waals surface area contributed by atoms with Gasteiger partial charge in [-0.3, -0.25) is 0 Å². The van der Waals surface area contributed by atoms with Crippen LogP contribution in [0.5, 0.6) is 0 Å². The molecule has 0 amide bonds. The first-order chi connectivity index (χ1) is 8.84. The largest absolute Gasteiger partial charge is 0.369 e. The van der Waals surface area contributed by atoms with E-state index in [4.69, 9.17) is 4.74 Å². The lowest BCUT2D eigenvalue weighted by atomic mass is 9.82. The molecule has 0 aromatic heterocycles. The number of hydrogen-bond donors (Lipinski definition) is 1. The lowest BCUT2D eigenvalue weighted by molar-refractivity contribution is -0.0754. The summed E-state index contributed by atoms with van der Waals surface area (Å²) in [4.78, 5) is 0. The summed E-state index contributed by atoms with van der Waals surface area (Å²) in [6.07, 6.45) is 7.99. The van der Waals surface area contributed by atoms with Gasteiger partial charge in [0.1, 0.15) is 0 Å². The van der Waals surface area contributed by atoms with E-state index in [9.17, 15) is 0 Å². The van der Waals surface area contributed by atoms with Crippen molar-refractivity contribution in [2.24, 2.45) is 11.8 Å². The van der Waals surface area contributed by atoms with Crippen molar-refractivity contribution in [3.05, 3.63) is 0 Å². The van der Waals surface area contributed by atoms with Crippen LogP contribution in [-0.2, 0) is 4.74 Å². The number of rotatable bonds is 7. The highest BCUT2D eigenvalue weighted by atomic mass is 16.5. The average Bonchev–Trinajstić information content (AvgIpc) is 3.06. The first kappa shape index (κ1) is 15.3. The molecule has 1 aliphatic carbocycles. The lowest BCUT2D eigenvalue weighted by Crippen LogP contribution is -2.34. The molecule has 2 atom stereocenters. The molecule has 0 radical (unpaired) electrons. The van der Waals surface area contributed by atoms with Gasteiger partial charge in [0.05, 0.1) is 11.2 Å². The topological polar surface area (TPSA) is 21.3 Å². The molecule has 1 saturated carbocycles. The molecular formula is C17H33NO. The second kappa shape index (κ2) is 5.73. The minimum Gasteiger partial charge on any atom is -0.369 e. The zero-order chi connectivity index (χ0) is 14.1. The van der Waals surface area contributed by atoms with Crippen LogP contribution in [-0.4, -0.2) is 23.8 Å². The van der Waals surface area contributed by atoms with E-state index >= 15 is 0 Å². The van der Waals surface area contributed by atoms with Crippen LogP contribution in [0.3, 0.4) is 0 Å². The molecule has 0 aromatic carbocycles. The van der Waals surface area contributed by atoms with Crippen molar-refractivity contribution in [1.82, 2.24) is 5.32 Å². The molecule has 2 unspecified atom stereocenters. The lowest BCUT2D eigenvalue weighted by Gasteiger charge is -2.28. The van der Waals surface area contributed by atoms with E-state index in [0.29, 0.717) is 5.92 Å². The fourth-order valence-corrected chi connectivity index (χ4v) is 3.84. The Kier molecular flexibility index (Phi) is 4.62. The van der Waals surface area contributed by atoms with Crippen molar-refractivity contribution in [2.75, 3.05) is 6.54 Å². The van der Waals surface area contributed by atoms with Gasteiger partial charge in [-0.25, -0.2) is 0 Å². The van der Waals surface area contributed by atoms with E-state index in [2.05, 4.69) is 39.9 Å². The molecule has 1 aliphatic heterocycles. The second-order valence-corrected chi connectivity index (χ2v) is 7.84. The van der Waals surface area contributed by atoms with Crippen LogP contribution in [0.1, 0.15) is 73.1 Å². The minimum absolute atomic E-state index is 0.0579. The third-order valence-electron chi connectivity index (χ3n) is 4.93. The molecular weight excluding hydrogens is 234 g/mol. The molecule has 0 bridgehead atoms. The summed E-state index contributed by atoms with van der Waals surface area (Å²) in [5.41, 5.74) is 0.127. The van der Waals surface area contributed by atoms with E-state index in [1.54, 1.807) is 0 Å². The Morgan fingerprint density at radius 1 is 1.21 bits per heavy atom. The smallest absolute Gasteiger partial charge is 0.0662 e. The molecule has 0 aromatic rings. The fourth-order valence-electron chi connectivity index (χ4n) is 3.84. The van der Waals surface area contributed by atoms with Gasteiger partial charge < -0.3 is 10.1 Å². The molecule has 2 aliphatic rings. The van der Waals surface area contributed by atoms with Gasteiger partial charge in [0.2, 0.25) is 0 Å². The summed E-state index contributed by atoms with van der Waals surface area (Å²) in [5.74, 6) is 1.68. The SMILES string of the molecule is CCCNC(CCC1CC(C)(C)OC1(C)C)C1CC1. The van der Waals surface area contributed by atoms with Crippen LogP contribution in [0.25, 0.3) is 0 Å². The van der Waals surface area contributed by atoms with Crippen LogP contribution in [0.15, 0.2) is 0 Å². The number of hydrogen-bond acceptors (Lipinski definition) is 2. The summed E-state index contributed by atoms with van der Waals surface area (Å²) in [5, 5.41) is 3.76. The zero-order valence-corrected chi connectivity index (χ0v) is 13.6. The van der Waals surface area contributed by atoms with Gasteiger partial charge in [-0.2, -0.15) is 0 Å². The normalized spacial score (nSPS) is 30.5. The molecule has 2 heteroatoms. The van der Waals surface area contributed by atoms with Crippen LogP contribution < -0.4 is 5.32 Å². The van der Waals surface area contributed by atoms with Gasteiger partial charge in [0, 0.05) is 6.04 Å². The fraction of sp³-hybridized carbons (Fsp3) is 1.00. The van der Waals surface area contributed by atoms with Gasteiger partial charge in [-0.05, 0) is 84.6 Å². The van der Waals surface area contributed by atoms with E-state index in [1.807, 2.05) is 0 Å². The predicted octanol–water partition coefficient (Wildman–Crippen LogP) is 4.14. The first-order valence-electron chi connectivity index (χ1n) is 8.27. The Morgan fingerprint density at radius 2 is 1.89 bits per heavy atom. The maximum Gasteiger partial charge on any atom is 0.0662 e. The molecule has 112 valence electrons. The monoisotopic (exact) mass is 267 g/mol. The highest BCUT2D eigenvalue weighted by Crippen LogP contribution is 2.45. The van der Waals surface area contributed by atoms with Crippen LogP contribution in [0, 0.1) is 11.8 Å². The minimum atomic E-state index is 0.0579. The Bertz CT molecular complexity index is 294. The number of ether oxygens (including phenoxy) is 1. The molecule has 2 fully saturated rings. The van der Waals surface area contributed by atoms with Gasteiger partial charge in [-0.1, -0.05) is 6.92 Å². The maximum atomic E-state index is 6.22. The average molecular weight is 267 g/mol. The summed E-state index contributed by atoms with van der Waals surface area (Å²) >= 11 is 0. The Morgan fingerprint density at radius 3 is 2.37 bits per heavy atom. The molecule has 2 nitrogen and oxygen atoms in total. The quantitative estimate of drug-likeness (QED) is 0.748. The van der Waals surface area contributed by atoms with Gasteiger partial charge >= 0.3 is 0 Å². The first-order valence-corrected chi connectivity index (χ1v) is 8.27. The van der Waals surface area contributed by atoms with E-state index in [0.717, 1.165) is 12.0 Å². The maximum absolute atomic E-state index is 6.22. The van der Waals surface area contributed by atoms with Crippen molar-refractivity contribution in [3.8, 4) is 0 Å². The molecule has 2 rings (SSSR count). The Hall–Kier alpha value is -0.0800. The third kappa shape index (κ3) is 4.19. The molecule has 19 heavy (non-hydrogen) atoms.